The molecule has 1 N–H and O–H groups in total. The number of likely N-dealkylation sites (tertiary alicyclic amines) is 1. The van der Waals surface area contributed by atoms with E-state index in [-0.39, 0.29) is 11.6 Å². The molecule has 1 aromatic rings. The fourth-order valence-corrected chi connectivity index (χ4v) is 2.41. The number of nitro groups is 1. The molecule has 1 amide bonds. The van der Waals surface area contributed by atoms with Crippen molar-refractivity contribution in [3.63, 3.8) is 0 Å². The van der Waals surface area contributed by atoms with Crippen molar-refractivity contribution in [2.24, 2.45) is 0 Å². The highest BCUT2D eigenvalue weighted by molar-refractivity contribution is 5.77. The molecule has 0 radical (unpaired) electrons. The number of hydrogen-bond donors (Lipinski definition) is 1. The number of nitro benzene ring substituents is 1. The van der Waals surface area contributed by atoms with Crippen LogP contribution in [-0.4, -0.2) is 35.4 Å². The molecule has 1 aliphatic heterocycles. The van der Waals surface area contributed by atoms with Gasteiger partial charge in [-0.05, 0) is 31.9 Å². The molecule has 0 saturated carbocycles. The van der Waals surface area contributed by atoms with Gasteiger partial charge in [-0.3, -0.25) is 14.9 Å². The molecule has 1 fully saturated rings. The summed E-state index contributed by atoms with van der Waals surface area (Å²) in [6.07, 6.45) is 2.65. The Labute approximate surface area is 117 Å². The van der Waals surface area contributed by atoms with Gasteiger partial charge in [-0.1, -0.05) is 0 Å². The topological polar surface area (TPSA) is 75.5 Å². The third kappa shape index (κ3) is 3.46. The number of rotatable bonds is 5. The van der Waals surface area contributed by atoms with E-state index in [1.54, 1.807) is 19.1 Å². The van der Waals surface area contributed by atoms with Crippen molar-refractivity contribution in [2.75, 3.05) is 25.0 Å². The quantitative estimate of drug-likeness (QED) is 0.662. The van der Waals surface area contributed by atoms with Crippen LogP contribution in [0.2, 0.25) is 0 Å². The van der Waals surface area contributed by atoms with Crippen molar-refractivity contribution >= 4 is 17.3 Å². The van der Waals surface area contributed by atoms with Gasteiger partial charge in [0.2, 0.25) is 5.91 Å². The lowest BCUT2D eigenvalue weighted by Crippen LogP contribution is -2.29. The first-order valence-electron chi connectivity index (χ1n) is 6.84. The fourth-order valence-electron chi connectivity index (χ4n) is 2.41. The smallest absolute Gasteiger partial charge is 0.272 e. The first-order valence-corrected chi connectivity index (χ1v) is 6.84. The predicted molar refractivity (Wildman–Crippen MR) is 76.8 cm³/mol. The molecular formula is C14H19N3O3. The molecule has 1 aliphatic rings. The lowest BCUT2D eigenvalue weighted by Gasteiger charge is -2.15. The summed E-state index contributed by atoms with van der Waals surface area (Å²) >= 11 is 0. The molecule has 1 aromatic carbocycles. The van der Waals surface area contributed by atoms with Crippen molar-refractivity contribution < 1.29 is 9.72 Å². The minimum atomic E-state index is -0.393. The second-order valence-electron chi connectivity index (χ2n) is 5.02. The Balaban J connectivity index is 1.83. The van der Waals surface area contributed by atoms with Crippen LogP contribution in [0.3, 0.4) is 0 Å². The minimum absolute atomic E-state index is 0.115. The van der Waals surface area contributed by atoms with Gasteiger partial charge in [0.25, 0.3) is 5.69 Å². The number of nitrogens with one attached hydrogen (secondary N) is 1. The molecule has 108 valence electrons. The van der Waals surface area contributed by atoms with Gasteiger partial charge in [-0.15, -0.1) is 0 Å². The summed E-state index contributed by atoms with van der Waals surface area (Å²) in [5.74, 6) is 0.175. The average molecular weight is 277 g/mol. The summed E-state index contributed by atoms with van der Waals surface area (Å²) in [5, 5.41) is 13.9. The van der Waals surface area contributed by atoms with Crippen LogP contribution in [0.5, 0.6) is 0 Å². The summed E-state index contributed by atoms with van der Waals surface area (Å²) in [5.41, 5.74) is 1.54. The van der Waals surface area contributed by atoms with Crippen LogP contribution in [0.4, 0.5) is 11.4 Å². The van der Waals surface area contributed by atoms with Crippen molar-refractivity contribution in [2.45, 2.75) is 26.2 Å². The monoisotopic (exact) mass is 277 g/mol. The third-order valence-corrected chi connectivity index (χ3v) is 3.52. The lowest BCUT2D eigenvalue weighted by molar-refractivity contribution is -0.385. The van der Waals surface area contributed by atoms with Crippen LogP contribution in [-0.2, 0) is 4.79 Å². The van der Waals surface area contributed by atoms with Crippen LogP contribution in [0.25, 0.3) is 0 Å². The molecule has 0 bridgehead atoms. The molecular weight excluding hydrogens is 258 g/mol. The minimum Gasteiger partial charge on any atom is -0.385 e. The van der Waals surface area contributed by atoms with E-state index < -0.39 is 4.92 Å². The van der Waals surface area contributed by atoms with E-state index in [0.717, 1.165) is 31.6 Å². The fraction of sp³-hybridized carbons (Fsp3) is 0.500. The molecule has 0 spiro atoms. The molecule has 1 heterocycles. The number of benzene rings is 1. The van der Waals surface area contributed by atoms with E-state index in [9.17, 15) is 14.9 Å². The molecule has 6 nitrogen and oxygen atoms in total. The SMILES string of the molecule is Cc1cc(NCCC(=O)N2CCCC2)ccc1[N+](=O)[O-]. The zero-order valence-electron chi connectivity index (χ0n) is 11.6. The second-order valence-corrected chi connectivity index (χ2v) is 5.02. The molecule has 0 unspecified atom stereocenters. The highest BCUT2D eigenvalue weighted by atomic mass is 16.6. The zero-order valence-corrected chi connectivity index (χ0v) is 11.6. The van der Waals surface area contributed by atoms with E-state index in [2.05, 4.69) is 5.32 Å². The molecule has 6 heteroatoms. The number of amides is 1. The van der Waals surface area contributed by atoms with E-state index in [1.165, 1.54) is 6.07 Å². The Bertz CT molecular complexity index is 510. The molecule has 0 atom stereocenters. The summed E-state index contributed by atoms with van der Waals surface area (Å²) in [7, 11) is 0. The summed E-state index contributed by atoms with van der Waals surface area (Å²) < 4.78 is 0. The summed E-state index contributed by atoms with van der Waals surface area (Å²) in [6, 6.07) is 4.89. The normalized spacial score (nSPS) is 14.3. The van der Waals surface area contributed by atoms with Crippen molar-refractivity contribution in [1.82, 2.24) is 4.90 Å². The summed E-state index contributed by atoms with van der Waals surface area (Å²) in [4.78, 5) is 24.1. The van der Waals surface area contributed by atoms with E-state index in [1.807, 2.05) is 4.90 Å². The largest absolute Gasteiger partial charge is 0.385 e. The van der Waals surface area contributed by atoms with Gasteiger partial charge in [0.05, 0.1) is 4.92 Å². The number of hydrogen-bond acceptors (Lipinski definition) is 4. The third-order valence-electron chi connectivity index (χ3n) is 3.52. The molecule has 0 aromatic heterocycles. The number of anilines is 1. The number of carbonyl (C=O) groups excluding carboxylic acids is 1. The highest BCUT2D eigenvalue weighted by Gasteiger charge is 2.17. The number of aryl methyl sites for hydroxylation is 1. The van der Waals surface area contributed by atoms with E-state index >= 15 is 0 Å². The first kappa shape index (κ1) is 14.3. The maximum absolute atomic E-state index is 11.8. The maximum atomic E-state index is 11.8. The maximum Gasteiger partial charge on any atom is 0.272 e. The molecule has 20 heavy (non-hydrogen) atoms. The van der Waals surface area contributed by atoms with Crippen LogP contribution in [0, 0.1) is 17.0 Å². The zero-order chi connectivity index (χ0) is 14.5. The van der Waals surface area contributed by atoms with Crippen LogP contribution in [0.1, 0.15) is 24.8 Å². The van der Waals surface area contributed by atoms with Crippen LogP contribution >= 0.6 is 0 Å². The van der Waals surface area contributed by atoms with Crippen molar-refractivity contribution in [3.05, 3.63) is 33.9 Å². The molecule has 0 aliphatic carbocycles. The van der Waals surface area contributed by atoms with Crippen LogP contribution < -0.4 is 5.32 Å². The standard InChI is InChI=1S/C14H19N3O3/c1-11-10-12(4-5-13(11)17(19)20)15-7-6-14(18)16-8-2-3-9-16/h4-5,10,15H,2-3,6-9H2,1H3. The first-order chi connectivity index (χ1) is 9.58. The van der Waals surface area contributed by atoms with Gasteiger partial charge in [0.1, 0.15) is 0 Å². The van der Waals surface area contributed by atoms with Crippen LogP contribution in [0.15, 0.2) is 18.2 Å². The summed E-state index contributed by atoms with van der Waals surface area (Å²) in [6.45, 7) is 4.00. The van der Waals surface area contributed by atoms with Gasteiger partial charge in [-0.2, -0.15) is 0 Å². The van der Waals surface area contributed by atoms with Crippen molar-refractivity contribution in [1.29, 1.82) is 0 Å². The van der Waals surface area contributed by atoms with Gasteiger partial charge in [-0.25, -0.2) is 0 Å². The van der Waals surface area contributed by atoms with E-state index in [0.29, 0.717) is 18.5 Å². The van der Waals surface area contributed by atoms with Crippen molar-refractivity contribution in [3.8, 4) is 0 Å². The average Bonchev–Trinajstić information content (AvgIpc) is 2.92. The molecule has 1 saturated heterocycles. The highest BCUT2D eigenvalue weighted by Crippen LogP contribution is 2.21. The van der Waals surface area contributed by atoms with E-state index in [4.69, 9.17) is 0 Å². The van der Waals surface area contributed by atoms with Gasteiger partial charge in [0.15, 0.2) is 0 Å². The Morgan fingerprint density at radius 1 is 1.40 bits per heavy atom. The second kappa shape index (κ2) is 6.36. The Kier molecular flexibility index (Phi) is 4.55. The van der Waals surface area contributed by atoms with Gasteiger partial charge < -0.3 is 10.2 Å². The van der Waals surface area contributed by atoms with Gasteiger partial charge in [0, 0.05) is 43.4 Å². The van der Waals surface area contributed by atoms with Gasteiger partial charge >= 0.3 is 0 Å². The lowest BCUT2D eigenvalue weighted by atomic mass is 10.2. The number of carbonyl (C=O) groups is 1. The predicted octanol–water partition coefficient (Wildman–Crippen LogP) is 2.33. The Morgan fingerprint density at radius 2 is 2.10 bits per heavy atom. The number of nitrogens with zero attached hydrogens (tertiary/aromatic N) is 2. The Morgan fingerprint density at radius 3 is 2.70 bits per heavy atom. The Hall–Kier alpha value is -2.11. The molecule has 2 rings (SSSR count).